The molecule has 0 saturated carbocycles. The molecule has 0 spiro atoms. The van der Waals surface area contributed by atoms with Gasteiger partial charge in [0.1, 0.15) is 12.4 Å². The second-order valence-electron chi connectivity index (χ2n) is 3.95. The number of halogens is 2. The molecule has 0 saturated heterocycles. The smallest absolute Gasteiger partial charge is 0.272 e. The van der Waals surface area contributed by atoms with E-state index in [1.165, 1.54) is 0 Å². The number of amides is 1. The van der Waals surface area contributed by atoms with Gasteiger partial charge in [0.2, 0.25) is 5.91 Å². The summed E-state index contributed by atoms with van der Waals surface area (Å²) in [5.41, 5.74) is 0.414. The van der Waals surface area contributed by atoms with Gasteiger partial charge in [-0.3, -0.25) is 4.79 Å². The van der Waals surface area contributed by atoms with Gasteiger partial charge < -0.3 is 15.4 Å². The molecule has 6 heteroatoms. The normalized spacial score (nSPS) is 10.5. The first-order chi connectivity index (χ1) is 9.13. The Hall–Kier alpha value is -1.69. The van der Waals surface area contributed by atoms with E-state index >= 15 is 0 Å². The number of nitrogens with one attached hydrogen (secondary N) is 2. The van der Waals surface area contributed by atoms with Crippen LogP contribution in [0.1, 0.15) is 12.8 Å². The van der Waals surface area contributed by atoms with Gasteiger partial charge in [-0.2, -0.15) is 0 Å². The molecule has 4 nitrogen and oxygen atoms in total. The molecule has 0 aliphatic carbocycles. The Labute approximate surface area is 111 Å². The van der Waals surface area contributed by atoms with Crippen LogP contribution in [0.15, 0.2) is 24.3 Å². The molecule has 1 rings (SSSR count). The van der Waals surface area contributed by atoms with Crippen molar-refractivity contribution in [3.8, 4) is 5.75 Å². The zero-order valence-electron chi connectivity index (χ0n) is 10.8. The largest absolute Gasteiger partial charge is 0.485 e. The van der Waals surface area contributed by atoms with Crippen molar-refractivity contribution in [3.63, 3.8) is 0 Å². The predicted molar refractivity (Wildman–Crippen MR) is 69.7 cm³/mol. The van der Waals surface area contributed by atoms with Gasteiger partial charge in [-0.15, -0.1) is 0 Å². The third-order valence-corrected chi connectivity index (χ3v) is 2.36. The summed E-state index contributed by atoms with van der Waals surface area (Å²) >= 11 is 0. The number of hydrogen-bond donors (Lipinski definition) is 2. The summed E-state index contributed by atoms with van der Waals surface area (Å²) < 4.78 is 29.1. The third kappa shape index (κ3) is 6.15. The number of hydrogen-bond acceptors (Lipinski definition) is 3. The molecule has 2 N–H and O–H groups in total. The molecule has 19 heavy (non-hydrogen) atoms. The first-order valence-electron chi connectivity index (χ1n) is 6.08. The van der Waals surface area contributed by atoms with Crippen LogP contribution in [0.3, 0.4) is 0 Å². The summed E-state index contributed by atoms with van der Waals surface area (Å²) in [6, 6.07) is 6.54. The van der Waals surface area contributed by atoms with Gasteiger partial charge in [-0.25, -0.2) is 8.78 Å². The van der Waals surface area contributed by atoms with Crippen molar-refractivity contribution in [2.24, 2.45) is 0 Å². The first kappa shape index (κ1) is 15.4. The Kier molecular flexibility index (Phi) is 6.81. The van der Waals surface area contributed by atoms with E-state index in [-0.39, 0.29) is 11.7 Å². The highest BCUT2D eigenvalue weighted by molar-refractivity contribution is 5.92. The van der Waals surface area contributed by atoms with Crippen LogP contribution < -0.4 is 15.4 Å². The van der Waals surface area contributed by atoms with Crippen LogP contribution in [-0.4, -0.2) is 32.5 Å². The van der Waals surface area contributed by atoms with Crippen LogP contribution in [-0.2, 0) is 4.79 Å². The van der Waals surface area contributed by atoms with Crippen molar-refractivity contribution in [2.45, 2.75) is 19.3 Å². The molecule has 0 heterocycles. The summed E-state index contributed by atoms with van der Waals surface area (Å²) in [5.74, 6) is 0.0908. The maximum atomic E-state index is 12.1. The van der Waals surface area contributed by atoms with Crippen molar-refractivity contribution in [1.29, 1.82) is 0 Å². The van der Waals surface area contributed by atoms with E-state index in [0.29, 0.717) is 18.5 Å². The molecule has 1 amide bonds. The molecule has 1 aromatic carbocycles. The Morgan fingerprint density at radius 1 is 1.37 bits per heavy atom. The zero-order valence-corrected chi connectivity index (χ0v) is 10.8. The number of carbonyl (C=O) groups excluding carboxylic acids is 1. The Morgan fingerprint density at radius 3 is 2.79 bits per heavy atom. The van der Waals surface area contributed by atoms with Gasteiger partial charge in [0.05, 0.1) is 5.69 Å². The monoisotopic (exact) mass is 272 g/mol. The minimum atomic E-state index is -2.54. The fourth-order valence-electron chi connectivity index (χ4n) is 1.49. The van der Waals surface area contributed by atoms with Crippen LogP contribution in [0.5, 0.6) is 5.75 Å². The molecule has 0 unspecified atom stereocenters. The number of ether oxygens (including phenoxy) is 1. The lowest BCUT2D eigenvalue weighted by Gasteiger charge is -2.12. The van der Waals surface area contributed by atoms with Crippen LogP contribution in [0.25, 0.3) is 0 Å². The van der Waals surface area contributed by atoms with Gasteiger partial charge in [-0.1, -0.05) is 12.1 Å². The number of alkyl halides is 2. The molecular formula is C13H18F2N2O2. The van der Waals surface area contributed by atoms with Crippen molar-refractivity contribution < 1.29 is 18.3 Å². The van der Waals surface area contributed by atoms with E-state index < -0.39 is 13.0 Å². The fourth-order valence-corrected chi connectivity index (χ4v) is 1.49. The standard InChI is InChI=1S/C13H18F2N2O2/c1-16-8-4-7-13(18)17-10-5-2-3-6-11(10)19-9-12(14)15/h2-3,5-6,12,16H,4,7-9H2,1H3,(H,17,18). The molecule has 106 valence electrons. The maximum Gasteiger partial charge on any atom is 0.272 e. The summed E-state index contributed by atoms with van der Waals surface area (Å²) in [7, 11) is 1.81. The molecule has 0 bridgehead atoms. The minimum Gasteiger partial charge on any atom is -0.485 e. The molecule has 0 aromatic heterocycles. The molecule has 0 aliphatic heterocycles. The molecular weight excluding hydrogens is 254 g/mol. The summed E-state index contributed by atoms with van der Waals surface area (Å²) in [4.78, 5) is 11.6. The predicted octanol–water partition coefficient (Wildman–Crippen LogP) is 2.27. The molecule has 0 atom stereocenters. The van der Waals surface area contributed by atoms with E-state index in [0.717, 1.165) is 6.54 Å². The summed E-state index contributed by atoms with van der Waals surface area (Å²) in [6.45, 7) is 0.0591. The SMILES string of the molecule is CNCCCC(=O)Nc1ccccc1OCC(F)F. The Balaban J connectivity index is 2.54. The first-order valence-corrected chi connectivity index (χ1v) is 6.08. The minimum absolute atomic E-state index is 0.164. The van der Waals surface area contributed by atoms with Gasteiger partial charge in [0.25, 0.3) is 6.43 Å². The van der Waals surface area contributed by atoms with E-state index in [1.54, 1.807) is 24.3 Å². The van der Waals surface area contributed by atoms with Crippen LogP contribution >= 0.6 is 0 Å². The highest BCUT2D eigenvalue weighted by Crippen LogP contribution is 2.24. The average molecular weight is 272 g/mol. The van der Waals surface area contributed by atoms with Gasteiger partial charge in [-0.05, 0) is 32.1 Å². The van der Waals surface area contributed by atoms with E-state index in [2.05, 4.69) is 10.6 Å². The quantitative estimate of drug-likeness (QED) is 0.714. The molecule has 0 aliphatic rings. The average Bonchev–Trinajstić information content (AvgIpc) is 2.38. The van der Waals surface area contributed by atoms with Crippen molar-refractivity contribution in [2.75, 3.05) is 25.5 Å². The second-order valence-corrected chi connectivity index (χ2v) is 3.95. The van der Waals surface area contributed by atoms with Crippen molar-refractivity contribution >= 4 is 11.6 Å². The second kappa shape index (κ2) is 8.42. The van der Waals surface area contributed by atoms with Gasteiger partial charge in [0, 0.05) is 6.42 Å². The highest BCUT2D eigenvalue weighted by atomic mass is 19.3. The number of para-hydroxylation sites is 2. The zero-order chi connectivity index (χ0) is 14.1. The third-order valence-electron chi connectivity index (χ3n) is 2.36. The summed E-state index contributed by atoms with van der Waals surface area (Å²) in [6.07, 6.45) is -1.47. The molecule has 0 fully saturated rings. The topological polar surface area (TPSA) is 50.4 Å². The van der Waals surface area contributed by atoms with Crippen molar-refractivity contribution in [3.05, 3.63) is 24.3 Å². The Bertz CT molecular complexity index is 400. The van der Waals surface area contributed by atoms with Crippen LogP contribution in [0.4, 0.5) is 14.5 Å². The molecule has 0 radical (unpaired) electrons. The Morgan fingerprint density at radius 2 is 2.11 bits per heavy atom. The fraction of sp³-hybridized carbons (Fsp3) is 0.462. The van der Waals surface area contributed by atoms with E-state index in [1.807, 2.05) is 7.05 Å². The summed E-state index contributed by atoms with van der Waals surface area (Å²) in [5, 5.41) is 5.60. The maximum absolute atomic E-state index is 12.1. The van der Waals surface area contributed by atoms with E-state index in [4.69, 9.17) is 4.74 Å². The van der Waals surface area contributed by atoms with Crippen LogP contribution in [0, 0.1) is 0 Å². The van der Waals surface area contributed by atoms with Gasteiger partial charge >= 0.3 is 0 Å². The van der Waals surface area contributed by atoms with Gasteiger partial charge in [0.15, 0.2) is 0 Å². The lowest BCUT2D eigenvalue weighted by molar-refractivity contribution is -0.116. The number of anilines is 1. The number of benzene rings is 1. The van der Waals surface area contributed by atoms with Crippen molar-refractivity contribution in [1.82, 2.24) is 5.32 Å². The van der Waals surface area contributed by atoms with E-state index in [9.17, 15) is 13.6 Å². The highest BCUT2D eigenvalue weighted by Gasteiger charge is 2.09. The van der Waals surface area contributed by atoms with Crippen LogP contribution in [0.2, 0.25) is 0 Å². The number of rotatable bonds is 8. The lowest BCUT2D eigenvalue weighted by atomic mass is 10.2. The molecule has 1 aromatic rings. The lowest BCUT2D eigenvalue weighted by Crippen LogP contribution is -2.16. The number of carbonyl (C=O) groups is 1.